The molecule has 5 nitrogen and oxygen atoms in total. The summed E-state index contributed by atoms with van der Waals surface area (Å²) >= 11 is 0. The summed E-state index contributed by atoms with van der Waals surface area (Å²) in [5.74, 6) is -0.448. The van der Waals surface area contributed by atoms with E-state index in [-0.39, 0.29) is 24.8 Å². The van der Waals surface area contributed by atoms with Gasteiger partial charge < -0.3 is 15.2 Å². The normalized spacial score (nSPS) is 11.6. The number of hydrogen-bond donors (Lipinski definition) is 1. The molecule has 0 aromatic heterocycles. The molecular formula is C32H62NO4. The number of unbranched alkanes of at least 4 members (excludes halogenated alkanes) is 18. The predicted octanol–water partition coefficient (Wildman–Crippen LogP) is 9.01. The van der Waals surface area contributed by atoms with Gasteiger partial charge in [0, 0.05) is 18.4 Å². The Bertz CT molecular complexity index is 477. The maximum atomic E-state index is 12.0. The molecule has 2 N–H and O–H groups in total. The van der Waals surface area contributed by atoms with Crippen LogP contribution in [-0.4, -0.2) is 30.7 Å². The van der Waals surface area contributed by atoms with E-state index in [1.807, 2.05) is 0 Å². The molecule has 0 saturated heterocycles. The van der Waals surface area contributed by atoms with Crippen LogP contribution in [0.4, 0.5) is 0 Å². The van der Waals surface area contributed by atoms with E-state index < -0.39 is 5.54 Å². The number of nitrogens with two attached hydrogens (primary N) is 1. The second kappa shape index (κ2) is 26.5. The molecule has 0 saturated carbocycles. The van der Waals surface area contributed by atoms with E-state index >= 15 is 0 Å². The van der Waals surface area contributed by atoms with Crippen molar-refractivity contribution in [1.29, 1.82) is 0 Å². The first-order valence-corrected chi connectivity index (χ1v) is 15.9. The number of rotatable bonds is 28. The van der Waals surface area contributed by atoms with Gasteiger partial charge in [-0.15, -0.1) is 0 Å². The van der Waals surface area contributed by atoms with E-state index in [0.29, 0.717) is 26.1 Å². The maximum Gasteiger partial charge on any atom is 0.305 e. The molecule has 0 fully saturated rings. The molecule has 0 amide bonds. The van der Waals surface area contributed by atoms with Crippen LogP contribution in [-0.2, 0) is 19.1 Å². The summed E-state index contributed by atoms with van der Waals surface area (Å²) in [6.07, 6.45) is 26.5. The van der Waals surface area contributed by atoms with Crippen LogP contribution in [0.3, 0.4) is 0 Å². The van der Waals surface area contributed by atoms with E-state index in [4.69, 9.17) is 15.2 Å². The second-order valence-corrected chi connectivity index (χ2v) is 11.2. The van der Waals surface area contributed by atoms with E-state index in [1.165, 1.54) is 103 Å². The van der Waals surface area contributed by atoms with Crippen molar-refractivity contribution in [3.8, 4) is 0 Å². The maximum absolute atomic E-state index is 12.0. The highest BCUT2D eigenvalue weighted by atomic mass is 16.5. The first-order chi connectivity index (χ1) is 17.9. The van der Waals surface area contributed by atoms with E-state index in [1.54, 1.807) is 0 Å². The molecule has 0 heterocycles. The fourth-order valence-corrected chi connectivity index (χ4v) is 4.52. The summed E-state index contributed by atoms with van der Waals surface area (Å²) in [6.45, 7) is 9.46. The molecule has 0 aromatic rings. The fourth-order valence-electron chi connectivity index (χ4n) is 4.52. The minimum atomic E-state index is -0.813. The van der Waals surface area contributed by atoms with Crippen LogP contribution in [0.2, 0.25) is 0 Å². The third kappa shape index (κ3) is 27.7. The molecule has 0 aromatic carbocycles. The van der Waals surface area contributed by atoms with Crippen molar-refractivity contribution in [2.75, 3.05) is 13.2 Å². The van der Waals surface area contributed by atoms with Crippen LogP contribution in [0.25, 0.3) is 0 Å². The van der Waals surface area contributed by atoms with Gasteiger partial charge >= 0.3 is 11.9 Å². The van der Waals surface area contributed by atoms with Gasteiger partial charge in [-0.3, -0.25) is 9.59 Å². The quantitative estimate of drug-likeness (QED) is 0.0816. The molecular weight excluding hydrogens is 462 g/mol. The zero-order valence-corrected chi connectivity index (χ0v) is 24.8. The van der Waals surface area contributed by atoms with Crippen LogP contribution in [0.15, 0.2) is 0 Å². The van der Waals surface area contributed by atoms with Crippen LogP contribution >= 0.6 is 0 Å². The summed E-state index contributed by atoms with van der Waals surface area (Å²) < 4.78 is 10.7. The van der Waals surface area contributed by atoms with Gasteiger partial charge in [-0.05, 0) is 32.6 Å². The van der Waals surface area contributed by atoms with Crippen LogP contribution in [0.5, 0.6) is 0 Å². The third-order valence-corrected chi connectivity index (χ3v) is 7.18. The lowest BCUT2D eigenvalue weighted by Gasteiger charge is -2.23. The van der Waals surface area contributed by atoms with Crippen LogP contribution in [0.1, 0.15) is 168 Å². The highest BCUT2D eigenvalue weighted by Crippen LogP contribution is 2.17. The first-order valence-electron chi connectivity index (χ1n) is 15.9. The van der Waals surface area contributed by atoms with E-state index in [2.05, 4.69) is 20.8 Å². The zero-order valence-electron chi connectivity index (χ0n) is 24.8. The summed E-state index contributed by atoms with van der Waals surface area (Å²) in [7, 11) is 0. The average Bonchev–Trinajstić information content (AvgIpc) is 2.88. The average molecular weight is 525 g/mol. The molecule has 0 atom stereocenters. The summed E-state index contributed by atoms with van der Waals surface area (Å²) in [5, 5.41) is 0. The van der Waals surface area contributed by atoms with Crippen molar-refractivity contribution in [1.82, 2.24) is 0 Å². The van der Waals surface area contributed by atoms with Crippen molar-refractivity contribution >= 4 is 11.9 Å². The number of ether oxygens (including phenoxy) is 2. The van der Waals surface area contributed by atoms with E-state index in [0.717, 1.165) is 25.7 Å². The lowest BCUT2D eigenvalue weighted by Crippen LogP contribution is -2.37. The standard InChI is InChI=1S/C32H62NO4/c1-4-6-8-10-12-14-16-18-20-22-28-36-30(34)24-26-32(3,33)27-25-31(35)37-29-23-21-19-17-15-13-11-9-7-5-2/h3-29,33H2,1-2H3. The lowest BCUT2D eigenvalue weighted by atomic mass is 9.91. The van der Waals surface area contributed by atoms with Crippen LogP contribution < -0.4 is 5.73 Å². The van der Waals surface area contributed by atoms with Crippen molar-refractivity contribution < 1.29 is 19.1 Å². The van der Waals surface area contributed by atoms with Gasteiger partial charge in [-0.2, -0.15) is 0 Å². The molecule has 0 aliphatic rings. The van der Waals surface area contributed by atoms with Crippen molar-refractivity contribution in [3.63, 3.8) is 0 Å². The van der Waals surface area contributed by atoms with Crippen molar-refractivity contribution in [2.45, 2.75) is 173 Å². The molecule has 0 unspecified atom stereocenters. The van der Waals surface area contributed by atoms with Gasteiger partial charge in [-0.1, -0.05) is 129 Å². The smallest absolute Gasteiger partial charge is 0.305 e. The SMILES string of the molecule is [CH2]C(N)(CCC(=O)OCCCCCCCCCCCC)CCC(=O)OCCCCCCCCCCCC. The van der Waals surface area contributed by atoms with Gasteiger partial charge in [0.2, 0.25) is 0 Å². The minimum Gasteiger partial charge on any atom is -0.466 e. The van der Waals surface area contributed by atoms with Gasteiger partial charge in [0.05, 0.1) is 13.2 Å². The number of esters is 2. The predicted molar refractivity (Wildman–Crippen MR) is 156 cm³/mol. The zero-order chi connectivity index (χ0) is 27.5. The van der Waals surface area contributed by atoms with Crippen molar-refractivity contribution in [3.05, 3.63) is 6.92 Å². The number of carbonyl (C=O) groups is 2. The molecule has 0 aliphatic carbocycles. The largest absolute Gasteiger partial charge is 0.466 e. The fraction of sp³-hybridized carbons (Fsp3) is 0.906. The number of carbonyl (C=O) groups excluding carboxylic acids is 2. The Morgan fingerprint density at radius 3 is 1.11 bits per heavy atom. The lowest BCUT2D eigenvalue weighted by molar-refractivity contribution is -0.144. The molecule has 1 radical (unpaired) electrons. The Balaban J connectivity index is 3.57. The van der Waals surface area contributed by atoms with Gasteiger partial charge in [-0.25, -0.2) is 0 Å². The Kier molecular flexibility index (Phi) is 25.7. The monoisotopic (exact) mass is 524 g/mol. The molecule has 5 heteroatoms. The second-order valence-electron chi connectivity index (χ2n) is 11.2. The Morgan fingerprint density at radius 1 is 0.541 bits per heavy atom. The topological polar surface area (TPSA) is 78.6 Å². The molecule has 0 aliphatic heterocycles. The third-order valence-electron chi connectivity index (χ3n) is 7.18. The van der Waals surface area contributed by atoms with Crippen molar-refractivity contribution in [2.24, 2.45) is 5.73 Å². The van der Waals surface area contributed by atoms with Gasteiger partial charge in [0.1, 0.15) is 0 Å². The van der Waals surface area contributed by atoms with Crippen LogP contribution in [0, 0.1) is 6.92 Å². The summed E-state index contributed by atoms with van der Waals surface area (Å²) in [4.78, 5) is 24.0. The Morgan fingerprint density at radius 2 is 0.811 bits per heavy atom. The molecule has 37 heavy (non-hydrogen) atoms. The number of hydrogen-bond acceptors (Lipinski definition) is 5. The summed E-state index contributed by atoms with van der Waals surface area (Å²) in [6, 6.07) is 0. The minimum absolute atomic E-state index is 0.224. The highest BCUT2D eigenvalue weighted by molar-refractivity contribution is 5.70. The Hall–Kier alpha value is -1.10. The van der Waals surface area contributed by atoms with Gasteiger partial charge in [0.15, 0.2) is 0 Å². The highest BCUT2D eigenvalue weighted by Gasteiger charge is 2.22. The molecule has 219 valence electrons. The summed E-state index contributed by atoms with van der Waals surface area (Å²) in [5.41, 5.74) is 5.40. The molecule has 0 bridgehead atoms. The first kappa shape index (κ1) is 35.9. The Labute approximate surface area is 230 Å². The van der Waals surface area contributed by atoms with E-state index in [9.17, 15) is 9.59 Å². The molecule has 0 rings (SSSR count). The molecule has 0 spiro atoms. The van der Waals surface area contributed by atoms with Gasteiger partial charge in [0.25, 0.3) is 0 Å².